The third-order valence-corrected chi connectivity index (χ3v) is 4.92. The molecule has 24 heavy (non-hydrogen) atoms. The predicted molar refractivity (Wildman–Crippen MR) is 98.9 cm³/mol. The number of carbonyl (C=O) groups is 2. The smallest absolute Gasteiger partial charge is 0.251 e. The normalized spacial score (nSPS) is 10.3. The highest BCUT2D eigenvalue weighted by Gasteiger charge is 2.07. The standard InChI is InChI=1S/C17H16Cl2N2O2S/c1-20-17(23)12-4-2-11(3-5-12)9-21-16(22)10-24-15-8-13(18)6-7-14(15)19/h2-8H,9-10H2,1H3,(H,20,23)(H,21,22). The fourth-order valence-electron chi connectivity index (χ4n) is 1.90. The Hall–Kier alpha value is -1.69. The Morgan fingerprint density at radius 2 is 1.79 bits per heavy atom. The van der Waals surface area contributed by atoms with E-state index in [0.29, 0.717) is 22.2 Å². The number of hydrogen-bond donors (Lipinski definition) is 2. The van der Waals surface area contributed by atoms with E-state index < -0.39 is 0 Å². The number of thioether (sulfide) groups is 1. The van der Waals surface area contributed by atoms with Gasteiger partial charge in [-0.05, 0) is 35.9 Å². The predicted octanol–water partition coefficient (Wildman–Crippen LogP) is 3.76. The molecular weight excluding hydrogens is 367 g/mol. The van der Waals surface area contributed by atoms with Crippen LogP contribution in [0.25, 0.3) is 0 Å². The van der Waals surface area contributed by atoms with E-state index in [1.807, 2.05) is 12.1 Å². The van der Waals surface area contributed by atoms with Crippen molar-refractivity contribution in [3.05, 3.63) is 63.6 Å². The number of benzene rings is 2. The van der Waals surface area contributed by atoms with E-state index in [2.05, 4.69) is 10.6 Å². The van der Waals surface area contributed by atoms with Crippen LogP contribution in [-0.4, -0.2) is 24.6 Å². The van der Waals surface area contributed by atoms with Gasteiger partial charge in [0.2, 0.25) is 5.91 Å². The molecule has 0 unspecified atom stereocenters. The summed E-state index contributed by atoms with van der Waals surface area (Å²) < 4.78 is 0. The highest BCUT2D eigenvalue weighted by Crippen LogP contribution is 2.29. The summed E-state index contributed by atoms with van der Waals surface area (Å²) in [6.07, 6.45) is 0. The van der Waals surface area contributed by atoms with Crippen LogP contribution in [0, 0.1) is 0 Å². The summed E-state index contributed by atoms with van der Waals surface area (Å²) in [7, 11) is 1.58. The molecule has 0 aromatic heterocycles. The van der Waals surface area contributed by atoms with Crippen molar-refractivity contribution in [2.45, 2.75) is 11.4 Å². The first kappa shape index (κ1) is 18.6. The maximum absolute atomic E-state index is 11.9. The van der Waals surface area contributed by atoms with E-state index >= 15 is 0 Å². The van der Waals surface area contributed by atoms with Crippen LogP contribution in [0.15, 0.2) is 47.4 Å². The molecule has 2 rings (SSSR count). The van der Waals surface area contributed by atoms with Gasteiger partial charge in [-0.3, -0.25) is 9.59 Å². The summed E-state index contributed by atoms with van der Waals surface area (Å²) in [4.78, 5) is 24.2. The van der Waals surface area contributed by atoms with Gasteiger partial charge in [0.1, 0.15) is 0 Å². The Labute approximate surface area is 154 Å². The second-order valence-electron chi connectivity index (χ2n) is 4.92. The average Bonchev–Trinajstić information content (AvgIpc) is 2.60. The summed E-state index contributed by atoms with van der Waals surface area (Å²) in [5, 5.41) is 6.54. The van der Waals surface area contributed by atoms with Crippen LogP contribution < -0.4 is 10.6 Å². The Morgan fingerprint density at radius 1 is 1.08 bits per heavy atom. The zero-order chi connectivity index (χ0) is 17.5. The van der Waals surface area contributed by atoms with Crippen LogP contribution in [0.2, 0.25) is 10.0 Å². The number of hydrogen-bond acceptors (Lipinski definition) is 3. The second-order valence-corrected chi connectivity index (χ2v) is 6.78. The number of nitrogens with one attached hydrogen (secondary N) is 2. The fraction of sp³-hybridized carbons (Fsp3) is 0.176. The minimum absolute atomic E-state index is 0.105. The summed E-state index contributed by atoms with van der Waals surface area (Å²) in [5.74, 6) is 0.00272. The molecule has 0 radical (unpaired) electrons. The van der Waals surface area contributed by atoms with E-state index in [1.54, 1.807) is 37.4 Å². The molecule has 0 atom stereocenters. The van der Waals surface area contributed by atoms with Gasteiger partial charge in [-0.25, -0.2) is 0 Å². The number of amides is 2. The quantitative estimate of drug-likeness (QED) is 0.747. The largest absolute Gasteiger partial charge is 0.355 e. The van der Waals surface area contributed by atoms with E-state index in [4.69, 9.17) is 23.2 Å². The molecule has 0 aliphatic rings. The molecule has 0 aliphatic heterocycles. The van der Waals surface area contributed by atoms with Gasteiger partial charge < -0.3 is 10.6 Å². The first-order valence-electron chi connectivity index (χ1n) is 7.15. The Kier molecular flexibility index (Phi) is 6.97. The van der Waals surface area contributed by atoms with Crippen molar-refractivity contribution in [2.24, 2.45) is 0 Å². The van der Waals surface area contributed by atoms with Gasteiger partial charge in [0, 0.05) is 29.1 Å². The minimum atomic E-state index is -0.139. The van der Waals surface area contributed by atoms with Gasteiger partial charge >= 0.3 is 0 Å². The molecule has 2 amide bonds. The molecule has 2 aromatic rings. The van der Waals surface area contributed by atoms with Gasteiger partial charge in [0.25, 0.3) is 5.91 Å². The lowest BCUT2D eigenvalue weighted by atomic mass is 10.1. The van der Waals surface area contributed by atoms with Gasteiger partial charge in [-0.1, -0.05) is 35.3 Å². The molecule has 2 N–H and O–H groups in total. The first-order valence-corrected chi connectivity index (χ1v) is 8.89. The van der Waals surface area contributed by atoms with Crippen LogP contribution in [-0.2, 0) is 11.3 Å². The van der Waals surface area contributed by atoms with Gasteiger partial charge in [0.15, 0.2) is 0 Å². The highest BCUT2D eigenvalue weighted by atomic mass is 35.5. The number of carbonyl (C=O) groups excluding carboxylic acids is 2. The van der Waals surface area contributed by atoms with Crippen molar-refractivity contribution in [1.82, 2.24) is 10.6 Å². The lowest BCUT2D eigenvalue weighted by Gasteiger charge is -2.07. The lowest BCUT2D eigenvalue weighted by Crippen LogP contribution is -2.24. The molecule has 0 fully saturated rings. The molecule has 7 heteroatoms. The van der Waals surface area contributed by atoms with Crippen LogP contribution >= 0.6 is 35.0 Å². The first-order chi connectivity index (χ1) is 11.5. The van der Waals surface area contributed by atoms with Gasteiger partial charge in [0.05, 0.1) is 10.8 Å². The van der Waals surface area contributed by atoms with Crippen molar-refractivity contribution in [3.8, 4) is 0 Å². The molecule has 0 spiro atoms. The molecule has 4 nitrogen and oxygen atoms in total. The Bertz CT molecular complexity index is 736. The summed E-state index contributed by atoms with van der Waals surface area (Å²) in [6, 6.07) is 12.2. The number of halogens is 2. The van der Waals surface area contributed by atoms with E-state index in [0.717, 1.165) is 10.5 Å². The monoisotopic (exact) mass is 382 g/mol. The van der Waals surface area contributed by atoms with E-state index in [-0.39, 0.29) is 17.6 Å². The highest BCUT2D eigenvalue weighted by molar-refractivity contribution is 8.00. The third-order valence-electron chi connectivity index (χ3n) is 3.18. The third kappa shape index (κ3) is 5.44. The van der Waals surface area contributed by atoms with E-state index in [1.165, 1.54) is 11.8 Å². The summed E-state index contributed by atoms with van der Waals surface area (Å²) in [6.45, 7) is 0.399. The van der Waals surface area contributed by atoms with Crippen molar-refractivity contribution in [3.63, 3.8) is 0 Å². The Balaban J connectivity index is 1.82. The molecule has 0 saturated heterocycles. The minimum Gasteiger partial charge on any atom is -0.355 e. The van der Waals surface area contributed by atoms with Crippen LogP contribution in [0.5, 0.6) is 0 Å². The van der Waals surface area contributed by atoms with Crippen molar-refractivity contribution in [2.75, 3.05) is 12.8 Å². The summed E-state index contributed by atoms with van der Waals surface area (Å²) in [5.41, 5.74) is 1.50. The molecular formula is C17H16Cl2N2O2S. The molecule has 126 valence electrons. The molecule has 0 saturated carbocycles. The molecule has 0 bridgehead atoms. The van der Waals surface area contributed by atoms with Crippen LogP contribution in [0.3, 0.4) is 0 Å². The molecule has 0 heterocycles. The average molecular weight is 383 g/mol. The second kappa shape index (κ2) is 8.97. The number of rotatable bonds is 6. The van der Waals surface area contributed by atoms with Crippen LogP contribution in [0.1, 0.15) is 15.9 Å². The molecule has 2 aromatic carbocycles. The topological polar surface area (TPSA) is 58.2 Å². The molecule has 0 aliphatic carbocycles. The zero-order valence-corrected chi connectivity index (χ0v) is 15.3. The fourth-order valence-corrected chi connectivity index (χ4v) is 3.22. The Morgan fingerprint density at radius 3 is 2.46 bits per heavy atom. The van der Waals surface area contributed by atoms with Crippen LogP contribution in [0.4, 0.5) is 0 Å². The van der Waals surface area contributed by atoms with Gasteiger partial charge in [-0.15, -0.1) is 11.8 Å². The maximum Gasteiger partial charge on any atom is 0.251 e. The van der Waals surface area contributed by atoms with Crippen molar-refractivity contribution < 1.29 is 9.59 Å². The van der Waals surface area contributed by atoms with Crippen molar-refractivity contribution >= 4 is 46.8 Å². The summed E-state index contributed by atoms with van der Waals surface area (Å²) >= 11 is 13.3. The van der Waals surface area contributed by atoms with Crippen molar-refractivity contribution in [1.29, 1.82) is 0 Å². The lowest BCUT2D eigenvalue weighted by molar-refractivity contribution is -0.118. The van der Waals surface area contributed by atoms with E-state index in [9.17, 15) is 9.59 Å². The maximum atomic E-state index is 11.9. The zero-order valence-electron chi connectivity index (χ0n) is 12.9. The van der Waals surface area contributed by atoms with Gasteiger partial charge in [-0.2, -0.15) is 0 Å². The SMILES string of the molecule is CNC(=O)c1ccc(CNC(=O)CSc2cc(Cl)ccc2Cl)cc1.